The molecule has 0 radical (unpaired) electrons. The average Bonchev–Trinajstić information content (AvgIpc) is 2.30. The molecule has 2 atom stereocenters. The quantitative estimate of drug-likeness (QED) is 0.811. The van der Waals surface area contributed by atoms with Crippen LogP contribution in [-0.2, 0) is 4.79 Å². The van der Waals surface area contributed by atoms with Gasteiger partial charge in [-0.3, -0.25) is 4.79 Å². The van der Waals surface area contributed by atoms with Gasteiger partial charge < -0.3 is 5.11 Å². The van der Waals surface area contributed by atoms with Crippen molar-refractivity contribution in [1.29, 1.82) is 0 Å². The average molecular weight is 279 g/mol. The molecule has 1 N–H and O–H groups in total. The number of carboxylic acid groups (broad SMARTS) is 1. The molecule has 16 heavy (non-hydrogen) atoms. The van der Waals surface area contributed by atoms with E-state index in [9.17, 15) is 4.79 Å². The van der Waals surface area contributed by atoms with E-state index in [1.54, 1.807) is 0 Å². The molecule has 0 fully saturated rings. The van der Waals surface area contributed by atoms with E-state index in [2.05, 4.69) is 0 Å². The number of rotatable bonds is 6. The molecule has 0 bridgehead atoms. The first-order valence-corrected chi connectivity index (χ1v) is 6.78. The van der Waals surface area contributed by atoms with E-state index in [1.807, 2.05) is 30.3 Å². The highest BCUT2D eigenvalue weighted by Gasteiger charge is 2.27. The molecule has 0 saturated carbocycles. The Hall–Kier alpha value is -0.380. The molecule has 0 aliphatic carbocycles. The van der Waals surface area contributed by atoms with Gasteiger partial charge in [0, 0.05) is 11.6 Å². The third-order valence-corrected chi connectivity index (χ3v) is 4.34. The van der Waals surface area contributed by atoms with Gasteiger partial charge in [0.2, 0.25) is 0 Å². The summed E-state index contributed by atoms with van der Waals surface area (Å²) in [6.07, 6.45) is 0. The minimum Gasteiger partial charge on any atom is -0.480 e. The number of hydrogen-bond donors (Lipinski definition) is 1. The van der Waals surface area contributed by atoms with Crippen LogP contribution in [0.4, 0.5) is 0 Å². The predicted molar refractivity (Wildman–Crippen MR) is 69.6 cm³/mol. The van der Waals surface area contributed by atoms with Crippen molar-refractivity contribution >= 4 is 40.9 Å². The molecule has 1 aromatic rings. The summed E-state index contributed by atoms with van der Waals surface area (Å²) >= 11 is 13.0. The molecular formula is C11H12Cl2O2S. The normalized spacial score (nSPS) is 14.4. The number of thioether (sulfide) groups is 1. The van der Waals surface area contributed by atoms with Crippen LogP contribution in [0.25, 0.3) is 0 Å². The van der Waals surface area contributed by atoms with Gasteiger partial charge in [-0.2, -0.15) is 0 Å². The van der Waals surface area contributed by atoms with Gasteiger partial charge in [0.15, 0.2) is 0 Å². The van der Waals surface area contributed by atoms with E-state index < -0.39 is 16.6 Å². The van der Waals surface area contributed by atoms with Crippen molar-refractivity contribution in [2.45, 2.75) is 10.6 Å². The first kappa shape index (κ1) is 13.7. The topological polar surface area (TPSA) is 37.3 Å². The number of hydrogen-bond acceptors (Lipinski definition) is 2. The van der Waals surface area contributed by atoms with Gasteiger partial charge in [-0.05, 0) is 5.56 Å². The zero-order valence-electron chi connectivity index (χ0n) is 8.48. The third kappa shape index (κ3) is 3.89. The monoisotopic (exact) mass is 278 g/mol. The third-order valence-electron chi connectivity index (χ3n) is 2.00. The summed E-state index contributed by atoms with van der Waals surface area (Å²) in [5.74, 6) is 0.0977. The SMILES string of the molecule is O=C(O)C(SCCCl)C(Cl)c1ccccc1. The molecule has 0 aromatic heterocycles. The van der Waals surface area contributed by atoms with Gasteiger partial charge in [-0.25, -0.2) is 0 Å². The van der Waals surface area contributed by atoms with E-state index in [1.165, 1.54) is 11.8 Å². The van der Waals surface area contributed by atoms with Crippen molar-refractivity contribution in [1.82, 2.24) is 0 Å². The maximum atomic E-state index is 11.1. The number of benzene rings is 1. The number of alkyl halides is 2. The summed E-state index contributed by atoms with van der Waals surface area (Å²) in [6, 6.07) is 9.21. The Labute approximate surface area is 109 Å². The molecule has 0 amide bonds. The summed E-state index contributed by atoms with van der Waals surface area (Å²) in [4.78, 5) is 11.1. The lowest BCUT2D eigenvalue weighted by Crippen LogP contribution is -2.22. The fourth-order valence-electron chi connectivity index (χ4n) is 1.26. The van der Waals surface area contributed by atoms with Crippen LogP contribution in [0.5, 0.6) is 0 Å². The Morgan fingerprint density at radius 2 is 2.00 bits per heavy atom. The van der Waals surface area contributed by atoms with Gasteiger partial charge in [0.05, 0.1) is 5.38 Å². The minimum atomic E-state index is -0.904. The molecule has 1 rings (SSSR count). The second kappa shape index (κ2) is 7.05. The molecular weight excluding hydrogens is 267 g/mol. The van der Waals surface area contributed by atoms with Crippen LogP contribution in [0.1, 0.15) is 10.9 Å². The van der Waals surface area contributed by atoms with Gasteiger partial charge >= 0.3 is 5.97 Å². The molecule has 2 nitrogen and oxygen atoms in total. The maximum Gasteiger partial charge on any atom is 0.318 e. The molecule has 0 spiro atoms. The number of carbonyl (C=O) groups is 1. The summed E-state index contributed by atoms with van der Waals surface area (Å²) in [7, 11) is 0. The highest BCUT2D eigenvalue weighted by Crippen LogP contribution is 2.32. The standard InChI is InChI=1S/C11H12Cl2O2S/c12-6-7-16-10(11(14)15)9(13)8-4-2-1-3-5-8/h1-5,9-10H,6-7H2,(H,14,15). The number of carboxylic acids is 1. The van der Waals surface area contributed by atoms with Gasteiger partial charge in [0.25, 0.3) is 0 Å². The number of halogens is 2. The van der Waals surface area contributed by atoms with E-state index in [-0.39, 0.29) is 0 Å². The fourth-order valence-corrected chi connectivity index (χ4v) is 2.81. The smallest absolute Gasteiger partial charge is 0.318 e. The molecule has 5 heteroatoms. The van der Waals surface area contributed by atoms with E-state index in [0.29, 0.717) is 11.6 Å². The van der Waals surface area contributed by atoms with E-state index in [0.717, 1.165) is 5.56 Å². The first-order valence-electron chi connectivity index (χ1n) is 4.76. The Morgan fingerprint density at radius 3 is 2.50 bits per heavy atom. The minimum absolute atomic E-state index is 0.423. The molecule has 88 valence electrons. The Bertz CT molecular complexity index is 332. The second-order valence-corrected chi connectivity index (χ2v) is 5.23. The van der Waals surface area contributed by atoms with Crippen LogP contribution in [-0.4, -0.2) is 28.0 Å². The van der Waals surface area contributed by atoms with Gasteiger partial charge in [-0.15, -0.1) is 35.0 Å². The van der Waals surface area contributed by atoms with Crippen LogP contribution < -0.4 is 0 Å². The molecule has 0 aliphatic rings. The lowest BCUT2D eigenvalue weighted by molar-refractivity contribution is -0.136. The van der Waals surface area contributed by atoms with Crippen LogP contribution in [0.3, 0.4) is 0 Å². The van der Waals surface area contributed by atoms with Crippen molar-refractivity contribution in [3.8, 4) is 0 Å². The molecule has 2 unspecified atom stereocenters. The Morgan fingerprint density at radius 1 is 1.38 bits per heavy atom. The zero-order valence-corrected chi connectivity index (χ0v) is 10.8. The summed E-state index contributed by atoms with van der Waals surface area (Å²) in [6.45, 7) is 0. The van der Waals surface area contributed by atoms with Crippen molar-refractivity contribution in [2.24, 2.45) is 0 Å². The van der Waals surface area contributed by atoms with Gasteiger partial charge in [0.1, 0.15) is 5.25 Å². The van der Waals surface area contributed by atoms with Crippen LogP contribution in [0, 0.1) is 0 Å². The van der Waals surface area contributed by atoms with Crippen molar-refractivity contribution in [3.05, 3.63) is 35.9 Å². The number of aliphatic carboxylic acids is 1. The predicted octanol–water partition coefficient (Wildman–Crippen LogP) is 3.39. The van der Waals surface area contributed by atoms with Crippen molar-refractivity contribution < 1.29 is 9.90 Å². The van der Waals surface area contributed by atoms with Crippen LogP contribution in [0.15, 0.2) is 30.3 Å². The fraction of sp³-hybridized carbons (Fsp3) is 0.364. The molecule has 0 aliphatic heterocycles. The Kier molecular flexibility index (Phi) is 6.03. The highest BCUT2D eigenvalue weighted by atomic mass is 35.5. The molecule has 0 saturated heterocycles. The van der Waals surface area contributed by atoms with Crippen LogP contribution in [0.2, 0.25) is 0 Å². The van der Waals surface area contributed by atoms with E-state index in [4.69, 9.17) is 28.3 Å². The second-order valence-electron chi connectivity index (χ2n) is 3.13. The molecule has 1 aromatic carbocycles. The first-order chi connectivity index (χ1) is 7.66. The highest BCUT2D eigenvalue weighted by molar-refractivity contribution is 8.00. The Balaban J connectivity index is 2.75. The van der Waals surface area contributed by atoms with Crippen molar-refractivity contribution in [3.63, 3.8) is 0 Å². The summed E-state index contributed by atoms with van der Waals surface area (Å²) < 4.78 is 0. The lowest BCUT2D eigenvalue weighted by atomic mass is 10.1. The maximum absolute atomic E-state index is 11.1. The van der Waals surface area contributed by atoms with Crippen LogP contribution >= 0.6 is 35.0 Å². The van der Waals surface area contributed by atoms with E-state index >= 15 is 0 Å². The van der Waals surface area contributed by atoms with Gasteiger partial charge in [-0.1, -0.05) is 30.3 Å². The zero-order chi connectivity index (χ0) is 12.0. The summed E-state index contributed by atoms with van der Waals surface area (Å²) in [5, 5.41) is 7.88. The molecule has 0 heterocycles. The lowest BCUT2D eigenvalue weighted by Gasteiger charge is -2.17. The van der Waals surface area contributed by atoms with Crippen molar-refractivity contribution in [2.75, 3.05) is 11.6 Å². The summed E-state index contributed by atoms with van der Waals surface area (Å²) in [5.41, 5.74) is 0.818. The largest absolute Gasteiger partial charge is 0.480 e.